The summed E-state index contributed by atoms with van der Waals surface area (Å²) in [5, 5.41) is 5.58. The predicted molar refractivity (Wildman–Crippen MR) is 97.5 cm³/mol. The van der Waals surface area contributed by atoms with E-state index in [9.17, 15) is 0 Å². The van der Waals surface area contributed by atoms with E-state index in [1.807, 2.05) is 56.3 Å². The molecule has 0 unspecified atom stereocenters. The molecule has 0 aliphatic carbocycles. The van der Waals surface area contributed by atoms with Crippen molar-refractivity contribution in [3.05, 3.63) is 59.4 Å². The molecule has 0 fully saturated rings. The van der Waals surface area contributed by atoms with Crippen molar-refractivity contribution in [3.8, 4) is 5.75 Å². The molecule has 124 valence electrons. The summed E-state index contributed by atoms with van der Waals surface area (Å²) in [7, 11) is 1.65. The van der Waals surface area contributed by atoms with Crippen molar-refractivity contribution in [2.75, 3.05) is 7.11 Å². The minimum absolute atomic E-state index is 0.631. The van der Waals surface area contributed by atoms with E-state index in [4.69, 9.17) is 4.74 Å². The normalized spacial score (nSPS) is 11.6. The lowest BCUT2D eigenvalue weighted by molar-refractivity contribution is 0.415. The van der Waals surface area contributed by atoms with Gasteiger partial charge in [-0.2, -0.15) is 0 Å². The van der Waals surface area contributed by atoms with E-state index in [2.05, 4.69) is 20.1 Å². The topological polar surface area (TPSA) is 65.2 Å². The molecule has 4 aromatic rings. The van der Waals surface area contributed by atoms with E-state index in [0.717, 1.165) is 39.4 Å². The summed E-state index contributed by atoms with van der Waals surface area (Å²) in [5.74, 6) is 1.42. The van der Waals surface area contributed by atoms with Crippen molar-refractivity contribution in [1.82, 2.24) is 24.6 Å². The first-order chi connectivity index (χ1) is 12.1. The minimum Gasteiger partial charge on any atom is -0.497 e. The first kappa shape index (κ1) is 15.3. The largest absolute Gasteiger partial charge is 0.497 e. The Kier molecular flexibility index (Phi) is 3.65. The molecule has 0 saturated heterocycles. The monoisotopic (exact) mass is 331 g/mol. The highest BCUT2D eigenvalue weighted by Crippen LogP contribution is 2.20. The van der Waals surface area contributed by atoms with Crippen LogP contribution in [0, 0.1) is 13.8 Å². The molecule has 0 aliphatic rings. The Balaban J connectivity index is 1.70. The number of fused-ring (bicyclic) bond motifs is 2. The molecule has 3 heterocycles. The summed E-state index contributed by atoms with van der Waals surface area (Å²) in [5.41, 5.74) is 4.31. The van der Waals surface area contributed by atoms with Gasteiger partial charge in [0.2, 0.25) is 0 Å². The number of rotatable bonds is 3. The summed E-state index contributed by atoms with van der Waals surface area (Å²) in [4.78, 5) is 13.5. The van der Waals surface area contributed by atoms with E-state index in [1.54, 1.807) is 17.8 Å². The van der Waals surface area contributed by atoms with Crippen molar-refractivity contribution in [1.29, 1.82) is 0 Å². The third-order valence-electron chi connectivity index (χ3n) is 4.05. The zero-order valence-corrected chi connectivity index (χ0v) is 14.3. The van der Waals surface area contributed by atoms with Gasteiger partial charge in [0.1, 0.15) is 5.75 Å². The second-order valence-electron chi connectivity index (χ2n) is 5.82. The van der Waals surface area contributed by atoms with E-state index < -0.39 is 0 Å². The maximum atomic E-state index is 5.26. The van der Waals surface area contributed by atoms with Gasteiger partial charge >= 0.3 is 0 Å². The van der Waals surface area contributed by atoms with Crippen LogP contribution in [0.4, 0.5) is 0 Å². The number of hydrogen-bond acceptors (Lipinski definition) is 5. The van der Waals surface area contributed by atoms with Gasteiger partial charge in [-0.3, -0.25) is 4.98 Å². The summed E-state index contributed by atoms with van der Waals surface area (Å²) in [6, 6.07) is 9.86. The fourth-order valence-electron chi connectivity index (χ4n) is 2.67. The predicted octanol–water partition coefficient (Wildman–Crippen LogP) is 3.47. The third kappa shape index (κ3) is 2.82. The fraction of sp³-hybridized carbons (Fsp3) is 0.158. The molecule has 0 radical (unpaired) electrons. The lowest BCUT2D eigenvalue weighted by atomic mass is 10.2. The standard InChI is InChI=1S/C19H17N5O/c1-12-11-20-13(2)19-22-18(23-24(12)19)9-7-15-6-4-14-5-8-16(25-3)10-17(14)21-15/h4-11H,1-3H3. The van der Waals surface area contributed by atoms with Gasteiger partial charge in [-0.05, 0) is 44.2 Å². The number of aromatic nitrogens is 5. The average Bonchev–Trinajstić information content (AvgIpc) is 3.08. The van der Waals surface area contributed by atoms with Crippen molar-refractivity contribution >= 4 is 28.7 Å². The summed E-state index contributed by atoms with van der Waals surface area (Å²) < 4.78 is 7.07. The minimum atomic E-state index is 0.631. The van der Waals surface area contributed by atoms with Crippen LogP contribution >= 0.6 is 0 Å². The zero-order valence-electron chi connectivity index (χ0n) is 14.3. The molecule has 1 aromatic carbocycles. The van der Waals surface area contributed by atoms with Crippen LogP contribution in [0.5, 0.6) is 5.75 Å². The Morgan fingerprint density at radius 1 is 1.04 bits per heavy atom. The number of pyridine rings is 1. The third-order valence-corrected chi connectivity index (χ3v) is 4.05. The number of methoxy groups -OCH3 is 1. The highest BCUT2D eigenvalue weighted by molar-refractivity contribution is 5.82. The van der Waals surface area contributed by atoms with Gasteiger partial charge in [0, 0.05) is 17.6 Å². The van der Waals surface area contributed by atoms with Crippen LogP contribution in [0.1, 0.15) is 22.9 Å². The van der Waals surface area contributed by atoms with Crippen LogP contribution in [-0.2, 0) is 0 Å². The zero-order chi connectivity index (χ0) is 17.4. The van der Waals surface area contributed by atoms with Gasteiger partial charge < -0.3 is 4.74 Å². The number of benzene rings is 1. The van der Waals surface area contributed by atoms with Gasteiger partial charge in [-0.15, -0.1) is 5.10 Å². The van der Waals surface area contributed by atoms with Crippen LogP contribution in [0.2, 0.25) is 0 Å². The summed E-state index contributed by atoms with van der Waals surface area (Å²) in [6.07, 6.45) is 5.56. The Morgan fingerprint density at radius 3 is 2.68 bits per heavy atom. The number of ether oxygens (including phenoxy) is 1. The Bertz CT molecular complexity index is 1070. The SMILES string of the molecule is COc1ccc2ccc(C=Cc3nc4c(C)ncc(C)n4n3)nc2c1. The molecule has 6 nitrogen and oxygen atoms in total. The Hall–Kier alpha value is -3.28. The molecule has 3 aromatic heterocycles. The van der Waals surface area contributed by atoms with Crippen LogP contribution in [0.25, 0.3) is 28.7 Å². The van der Waals surface area contributed by atoms with Crippen LogP contribution < -0.4 is 4.74 Å². The molecule has 0 spiro atoms. The molecular weight excluding hydrogens is 314 g/mol. The average molecular weight is 331 g/mol. The van der Waals surface area contributed by atoms with Crippen molar-refractivity contribution < 1.29 is 4.74 Å². The molecule has 0 aliphatic heterocycles. The lowest BCUT2D eigenvalue weighted by Crippen LogP contribution is -1.97. The molecule has 0 N–H and O–H groups in total. The number of nitrogens with zero attached hydrogens (tertiary/aromatic N) is 5. The first-order valence-corrected chi connectivity index (χ1v) is 7.96. The number of hydrogen-bond donors (Lipinski definition) is 0. The quantitative estimate of drug-likeness (QED) is 0.575. The van der Waals surface area contributed by atoms with Crippen molar-refractivity contribution in [2.45, 2.75) is 13.8 Å². The molecule has 0 atom stereocenters. The lowest BCUT2D eigenvalue weighted by Gasteiger charge is -2.02. The van der Waals surface area contributed by atoms with Crippen LogP contribution in [-0.4, -0.2) is 31.7 Å². The second kappa shape index (κ2) is 5.98. The van der Waals surface area contributed by atoms with Crippen LogP contribution in [0.15, 0.2) is 36.5 Å². The first-order valence-electron chi connectivity index (χ1n) is 7.96. The Morgan fingerprint density at radius 2 is 1.88 bits per heavy atom. The number of aryl methyl sites for hydroxylation is 2. The fourth-order valence-corrected chi connectivity index (χ4v) is 2.67. The van der Waals surface area contributed by atoms with E-state index in [-0.39, 0.29) is 0 Å². The van der Waals surface area contributed by atoms with E-state index >= 15 is 0 Å². The van der Waals surface area contributed by atoms with Crippen molar-refractivity contribution in [2.24, 2.45) is 0 Å². The molecule has 0 bridgehead atoms. The molecule has 0 amide bonds. The van der Waals surface area contributed by atoms with Crippen molar-refractivity contribution in [3.63, 3.8) is 0 Å². The van der Waals surface area contributed by atoms with Gasteiger partial charge in [0.25, 0.3) is 0 Å². The van der Waals surface area contributed by atoms with E-state index in [1.165, 1.54) is 0 Å². The van der Waals surface area contributed by atoms with Gasteiger partial charge in [0.15, 0.2) is 11.5 Å². The van der Waals surface area contributed by atoms with Gasteiger partial charge in [0.05, 0.1) is 29.7 Å². The van der Waals surface area contributed by atoms with E-state index in [0.29, 0.717) is 5.82 Å². The molecular formula is C19H17N5O. The highest BCUT2D eigenvalue weighted by atomic mass is 16.5. The molecule has 25 heavy (non-hydrogen) atoms. The summed E-state index contributed by atoms with van der Waals surface area (Å²) in [6.45, 7) is 3.88. The van der Waals surface area contributed by atoms with Crippen LogP contribution in [0.3, 0.4) is 0 Å². The maximum absolute atomic E-state index is 5.26. The molecule has 0 saturated carbocycles. The maximum Gasteiger partial charge on any atom is 0.177 e. The molecule has 4 rings (SSSR count). The van der Waals surface area contributed by atoms with Gasteiger partial charge in [-0.25, -0.2) is 14.5 Å². The summed E-state index contributed by atoms with van der Waals surface area (Å²) >= 11 is 0. The molecule has 6 heteroatoms. The second-order valence-corrected chi connectivity index (χ2v) is 5.82. The van der Waals surface area contributed by atoms with Gasteiger partial charge in [-0.1, -0.05) is 6.07 Å². The Labute approximate surface area is 144 Å². The highest BCUT2D eigenvalue weighted by Gasteiger charge is 2.07. The smallest absolute Gasteiger partial charge is 0.177 e.